The average Bonchev–Trinajstić information content (AvgIpc) is 2.27. The maximum atomic E-state index is 12.6. The molecule has 0 aliphatic heterocycles. The fourth-order valence-electron chi connectivity index (χ4n) is 1.60. The highest BCUT2D eigenvalue weighted by Crippen LogP contribution is 2.34. The van der Waals surface area contributed by atoms with Crippen LogP contribution in [-0.2, 0) is 6.18 Å². The lowest BCUT2D eigenvalue weighted by atomic mass is 10.0. The number of alkyl halides is 3. The summed E-state index contributed by atoms with van der Waals surface area (Å²) in [6.45, 7) is 1.94. The Bertz CT molecular complexity index is 382. The second-order valence-corrected chi connectivity index (χ2v) is 3.89. The molecule has 0 fully saturated rings. The molecule has 0 aliphatic carbocycles. The number of nitrogens with two attached hydrogens (primary N) is 1. The van der Waals surface area contributed by atoms with E-state index in [0.717, 1.165) is 18.6 Å². The first-order valence-corrected chi connectivity index (χ1v) is 5.40. The van der Waals surface area contributed by atoms with Crippen molar-refractivity contribution in [2.75, 3.05) is 7.11 Å². The van der Waals surface area contributed by atoms with Gasteiger partial charge in [-0.3, -0.25) is 0 Å². The third-order valence-electron chi connectivity index (χ3n) is 2.52. The highest BCUT2D eigenvalue weighted by molar-refractivity contribution is 5.85. The van der Waals surface area contributed by atoms with Crippen molar-refractivity contribution in [3.05, 3.63) is 29.3 Å². The van der Waals surface area contributed by atoms with Crippen molar-refractivity contribution < 1.29 is 17.9 Å². The Kier molecular flexibility index (Phi) is 6.49. The zero-order chi connectivity index (χ0) is 13.1. The van der Waals surface area contributed by atoms with E-state index in [1.165, 1.54) is 7.11 Å². The van der Waals surface area contributed by atoms with Crippen LogP contribution in [-0.4, -0.2) is 7.11 Å². The van der Waals surface area contributed by atoms with Gasteiger partial charge in [-0.25, -0.2) is 0 Å². The Morgan fingerprint density at radius 1 is 1.28 bits per heavy atom. The van der Waals surface area contributed by atoms with Gasteiger partial charge in [-0.15, -0.1) is 12.4 Å². The van der Waals surface area contributed by atoms with Gasteiger partial charge in [0, 0.05) is 6.04 Å². The van der Waals surface area contributed by atoms with Gasteiger partial charge in [0.1, 0.15) is 5.75 Å². The number of rotatable bonds is 4. The van der Waals surface area contributed by atoms with Crippen molar-refractivity contribution >= 4 is 12.4 Å². The van der Waals surface area contributed by atoms with Crippen LogP contribution in [0.15, 0.2) is 18.2 Å². The van der Waals surface area contributed by atoms with Crippen LogP contribution in [0.2, 0.25) is 0 Å². The van der Waals surface area contributed by atoms with Crippen LogP contribution in [0.3, 0.4) is 0 Å². The van der Waals surface area contributed by atoms with Gasteiger partial charge in [0.2, 0.25) is 0 Å². The molecule has 2 N–H and O–H groups in total. The lowest BCUT2D eigenvalue weighted by Gasteiger charge is -2.15. The standard InChI is InChI=1S/C12H16F3NO.ClH/c1-3-4-11(16)8-5-9(12(13,14)15)7-10(6-8)17-2;/h5-7,11H,3-4,16H2,1-2H3;1H/t11-;/m0./s1. The predicted molar refractivity (Wildman–Crippen MR) is 67.1 cm³/mol. The number of ether oxygens (including phenoxy) is 1. The third kappa shape index (κ3) is 4.38. The third-order valence-corrected chi connectivity index (χ3v) is 2.52. The molecule has 0 heterocycles. The molecule has 18 heavy (non-hydrogen) atoms. The first-order valence-electron chi connectivity index (χ1n) is 5.40. The van der Waals surface area contributed by atoms with E-state index >= 15 is 0 Å². The van der Waals surface area contributed by atoms with E-state index in [-0.39, 0.29) is 18.2 Å². The summed E-state index contributed by atoms with van der Waals surface area (Å²) in [5, 5.41) is 0. The van der Waals surface area contributed by atoms with Crippen LogP contribution < -0.4 is 10.5 Å². The van der Waals surface area contributed by atoms with Crippen LogP contribution in [0.5, 0.6) is 5.75 Å². The fourth-order valence-corrected chi connectivity index (χ4v) is 1.60. The van der Waals surface area contributed by atoms with Crippen molar-refractivity contribution in [2.24, 2.45) is 5.73 Å². The zero-order valence-corrected chi connectivity index (χ0v) is 11.1. The number of hydrogen-bond donors (Lipinski definition) is 1. The summed E-state index contributed by atoms with van der Waals surface area (Å²) in [5.41, 5.74) is 5.55. The van der Waals surface area contributed by atoms with Crippen LogP contribution in [0.1, 0.15) is 36.9 Å². The summed E-state index contributed by atoms with van der Waals surface area (Å²) >= 11 is 0. The van der Waals surface area contributed by atoms with E-state index in [1.807, 2.05) is 6.92 Å². The normalized spacial score (nSPS) is 12.8. The molecule has 0 amide bonds. The maximum absolute atomic E-state index is 12.6. The van der Waals surface area contributed by atoms with Crippen molar-refractivity contribution in [3.63, 3.8) is 0 Å². The minimum atomic E-state index is -4.38. The van der Waals surface area contributed by atoms with Crippen LogP contribution in [0, 0.1) is 0 Å². The Morgan fingerprint density at radius 2 is 1.89 bits per heavy atom. The van der Waals surface area contributed by atoms with Crippen molar-refractivity contribution in [3.8, 4) is 5.75 Å². The first kappa shape index (κ1) is 17.1. The van der Waals surface area contributed by atoms with Gasteiger partial charge in [0.25, 0.3) is 0 Å². The quantitative estimate of drug-likeness (QED) is 0.908. The van der Waals surface area contributed by atoms with E-state index in [2.05, 4.69) is 0 Å². The smallest absolute Gasteiger partial charge is 0.416 e. The van der Waals surface area contributed by atoms with Gasteiger partial charge in [-0.1, -0.05) is 13.3 Å². The molecule has 0 aromatic heterocycles. The summed E-state index contributed by atoms with van der Waals surface area (Å²) in [4.78, 5) is 0. The zero-order valence-electron chi connectivity index (χ0n) is 10.3. The maximum Gasteiger partial charge on any atom is 0.416 e. The fraction of sp³-hybridized carbons (Fsp3) is 0.500. The highest BCUT2D eigenvalue weighted by Gasteiger charge is 2.31. The summed E-state index contributed by atoms with van der Waals surface area (Å²) in [6.07, 6.45) is -2.92. The Morgan fingerprint density at radius 3 is 2.33 bits per heavy atom. The number of hydrogen-bond acceptors (Lipinski definition) is 2. The highest BCUT2D eigenvalue weighted by atomic mass is 35.5. The van der Waals surface area contributed by atoms with Gasteiger partial charge in [0.15, 0.2) is 0 Å². The topological polar surface area (TPSA) is 35.2 Å². The molecule has 0 unspecified atom stereocenters. The van der Waals surface area contributed by atoms with Gasteiger partial charge in [-0.2, -0.15) is 13.2 Å². The molecular formula is C12H17ClF3NO. The lowest BCUT2D eigenvalue weighted by molar-refractivity contribution is -0.137. The SMILES string of the molecule is CCC[C@H](N)c1cc(OC)cc(C(F)(F)F)c1.Cl. The lowest BCUT2D eigenvalue weighted by Crippen LogP contribution is -2.12. The molecule has 0 spiro atoms. The molecule has 1 atom stereocenters. The number of methoxy groups -OCH3 is 1. The van der Waals surface area contributed by atoms with E-state index in [0.29, 0.717) is 12.0 Å². The molecule has 2 nitrogen and oxygen atoms in total. The molecule has 6 heteroatoms. The number of benzene rings is 1. The van der Waals surface area contributed by atoms with Crippen molar-refractivity contribution in [2.45, 2.75) is 32.0 Å². The summed E-state index contributed by atoms with van der Waals surface area (Å²) in [6, 6.07) is 3.22. The van der Waals surface area contributed by atoms with Gasteiger partial charge in [-0.05, 0) is 30.2 Å². The molecule has 0 bridgehead atoms. The Labute approximate surface area is 111 Å². The second kappa shape index (κ2) is 6.85. The first-order chi connectivity index (χ1) is 7.88. The van der Waals surface area contributed by atoms with E-state index < -0.39 is 17.8 Å². The van der Waals surface area contributed by atoms with Crippen molar-refractivity contribution in [1.29, 1.82) is 0 Å². The van der Waals surface area contributed by atoms with E-state index in [1.54, 1.807) is 6.07 Å². The summed E-state index contributed by atoms with van der Waals surface area (Å²) < 4.78 is 42.8. The molecule has 1 aromatic carbocycles. The van der Waals surface area contributed by atoms with Crippen molar-refractivity contribution in [1.82, 2.24) is 0 Å². The Balaban J connectivity index is 0.00000289. The molecule has 0 saturated carbocycles. The molecule has 0 aliphatic rings. The summed E-state index contributed by atoms with van der Waals surface area (Å²) in [5.74, 6) is 0.182. The van der Waals surface area contributed by atoms with Gasteiger partial charge in [0.05, 0.1) is 12.7 Å². The molecule has 1 rings (SSSR count). The molecule has 1 aromatic rings. The molecule has 0 radical (unpaired) electrons. The second-order valence-electron chi connectivity index (χ2n) is 3.89. The number of halogens is 4. The minimum Gasteiger partial charge on any atom is -0.497 e. The average molecular weight is 284 g/mol. The van der Waals surface area contributed by atoms with Crippen LogP contribution in [0.25, 0.3) is 0 Å². The van der Waals surface area contributed by atoms with Gasteiger partial charge >= 0.3 is 6.18 Å². The summed E-state index contributed by atoms with van der Waals surface area (Å²) in [7, 11) is 1.34. The van der Waals surface area contributed by atoms with Gasteiger partial charge < -0.3 is 10.5 Å². The van der Waals surface area contributed by atoms with Crippen LogP contribution in [0.4, 0.5) is 13.2 Å². The predicted octanol–water partition coefficient (Wildman–Crippen LogP) is 3.94. The molecular weight excluding hydrogens is 267 g/mol. The molecule has 0 saturated heterocycles. The monoisotopic (exact) mass is 283 g/mol. The minimum absolute atomic E-state index is 0. The largest absolute Gasteiger partial charge is 0.497 e. The van der Waals surface area contributed by atoms with E-state index in [9.17, 15) is 13.2 Å². The van der Waals surface area contributed by atoms with Crippen LogP contribution >= 0.6 is 12.4 Å². The Hall–Kier alpha value is -0.940. The van der Waals surface area contributed by atoms with E-state index in [4.69, 9.17) is 10.5 Å². The molecule has 104 valence electrons.